The number of phosphoric acid groups is 1. The summed E-state index contributed by atoms with van der Waals surface area (Å²) >= 11 is 5.38. The van der Waals surface area contributed by atoms with Crippen molar-refractivity contribution >= 4 is 19.4 Å². The molecular weight excluding hydrogens is 399 g/mol. The van der Waals surface area contributed by atoms with Crippen LogP contribution in [-0.4, -0.2) is 28.6 Å². The average molecular weight is 441 g/mol. The van der Waals surface area contributed by atoms with Crippen LogP contribution < -0.4 is 0 Å². The van der Waals surface area contributed by atoms with Crippen molar-refractivity contribution < 1.29 is 23.6 Å². The molecule has 5 nitrogen and oxygen atoms in total. The number of hydrogen-bond acceptors (Lipinski definition) is 4. The lowest BCUT2D eigenvalue weighted by Crippen LogP contribution is -2.15. The van der Waals surface area contributed by atoms with Gasteiger partial charge in [0.05, 0.1) is 24.9 Å². The number of alkyl halides is 1. The third-order valence-corrected chi connectivity index (χ3v) is 5.84. The predicted molar refractivity (Wildman–Crippen MR) is 118 cm³/mol. The maximum atomic E-state index is 11.5. The minimum absolute atomic E-state index is 0.0606. The van der Waals surface area contributed by atoms with E-state index in [0.717, 1.165) is 19.3 Å². The SMILES string of the molecule is CCCCCCCCCCCCCCCCC=COP(=O)(O)OCC(O)CCl. The molecule has 0 aromatic heterocycles. The zero-order valence-corrected chi connectivity index (χ0v) is 19.3. The predicted octanol–water partition coefficient (Wildman–Crippen LogP) is 7.10. The fourth-order valence-electron chi connectivity index (χ4n) is 2.90. The highest BCUT2D eigenvalue weighted by Gasteiger charge is 2.22. The smallest absolute Gasteiger partial charge is 0.412 e. The number of aliphatic hydroxyl groups is 1. The van der Waals surface area contributed by atoms with Crippen LogP contribution in [0.1, 0.15) is 103 Å². The van der Waals surface area contributed by atoms with Gasteiger partial charge in [-0.05, 0) is 18.9 Å². The van der Waals surface area contributed by atoms with Crippen molar-refractivity contribution in [1.29, 1.82) is 0 Å². The van der Waals surface area contributed by atoms with E-state index in [2.05, 4.69) is 11.4 Å². The summed E-state index contributed by atoms with van der Waals surface area (Å²) in [6.07, 6.45) is 21.3. The summed E-state index contributed by atoms with van der Waals surface area (Å²) in [5, 5.41) is 9.18. The summed E-state index contributed by atoms with van der Waals surface area (Å²) in [5.74, 6) is -0.0606. The van der Waals surface area contributed by atoms with E-state index in [0.29, 0.717) is 0 Å². The molecular formula is C21H42ClO5P. The van der Waals surface area contributed by atoms with Crippen molar-refractivity contribution in [2.75, 3.05) is 12.5 Å². The summed E-state index contributed by atoms with van der Waals surface area (Å²) in [7, 11) is -4.15. The van der Waals surface area contributed by atoms with Gasteiger partial charge >= 0.3 is 7.82 Å². The molecule has 0 aliphatic heterocycles. The molecule has 0 heterocycles. The molecule has 0 bridgehead atoms. The Bertz CT molecular complexity index is 406. The third-order valence-electron chi connectivity index (χ3n) is 4.62. The highest BCUT2D eigenvalue weighted by Crippen LogP contribution is 2.43. The van der Waals surface area contributed by atoms with Crippen LogP contribution in [-0.2, 0) is 13.6 Å². The maximum absolute atomic E-state index is 11.5. The van der Waals surface area contributed by atoms with Gasteiger partial charge in [0.2, 0.25) is 0 Å². The van der Waals surface area contributed by atoms with Crippen LogP contribution in [0.15, 0.2) is 12.3 Å². The van der Waals surface area contributed by atoms with E-state index < -0.39 is 13.9 Å². The van der Waals surface area contributed by atoms with Gasteiger partial charge in [0.15, 0.2) is 0 Å². The van der Waals surface area contributed by atoms with Crippen molar-refractivity contribution in [3.05, 3.63) is 12.3 Å². The van der Waals surface area contributed by atoms with Crippen molar-refractivity contribution in [3.63, 3.8) is 0 Å². The molecule has 0 aromatic rings. The van der Waals surface area contributed by atoms with Gasteiger partial charge in [-0.2, -0.15) is 0 Å². The lowest BCUT2D eigenvalue weighted by atomic mass is 10.0. The number of hydrogen-bond donors (Lipinski definition) is 2. The molecule has 0 aliphatic rings. The first kappa shape index (κ1) is 27.9. The molecule has 0 spiro atoms. The Kier molecular flexibility index (Phi) is 20.2. The van der Waals surface area contributed by atoms with Gasteiger partial charge in [-0.15, -0.1) is 11.6 Å². The lowest BCUT2D eigenvalue weighted by molar-refractivity contribution is 0.0966. The summed E-state index contributed by atoms with van der Waals surface area (Å²) in [6, 6.07) is 0. The van der Waals surface area contributed by atoms with Gasteiger partial charge in [0.1, 0.15) is 0 Å². The van der Waals surface area contributed by atoms with Gasteiger partial charge in [0, 0.05) is 0 Å². The highest BCUT2D eigenvalue weighted by atomic mass is 35.5. The fourth-order valence-corrected chi connectivity index (χ4v) is 3.65. The topological polar surface area (TPSA) is 76.0 Å². The Morgan fingerprint density at radius 3 is 1.82 bits per heavy atom. The first-order chi connectivity index (χ1) is 13.5. The van der Waals surface area contributed by atoms with E-state index in [9.17, 15) is 14.6 Å². The van der Waals surface area contributed by atoms with E-state index >= 15 is 0 Å². The van der Waals surface area contributed by atoms with Crippen molar-refractivity contribution in [2.45, 2.75) is 109 Å². The van der Waals surface area contributed by atoms with Crippen molar-refractivity contribution in [3.8, 4) is 0 Å². The lowest BCUT2D eigenvalue weighted by Gasteiger charge is -2.12. The zero-order valence-electron chi connectivity index (χ0n) is 17.7. The quantitative estimate of drug-likeness (QED) is 0.0860. The second-order valence-corrected chi connectivity index (χ2v) is 9.15. The van der Waals surface area contributed by atoms with E-state index in [4.69, 9.17) is 16.1 Å². The molecule has 0 saturated heterocycles. The standard InChI is InChI=1S/C21H42ClO5P/c1-2-3-4-5-6-7-8-9-10-11-12-13-14-15-16-17-18-26-28(24,25)27-20-21(23)19-22/h17-18,21,23H,2-16,19-20H2,1H3,(H,24,25). The second kappa shape index (κ2) is 20.2. The largest absolute Gasteiger partial charge is 0.526 e. The van der Waals surface area contributed by atoms with Crippen LogP contribution in [0.2, 0.25) is 0 Å². The van der Waals surface area contributed by atoms with Gasteiger partial charge in [0.25, 0.3) is 0 Å². The van der Waals surface area contributed by atoms with E-state index in [1.165, 1.54) is 83.3 Å². The number of aliphatic hydroxyl groups excluding tert-OH is 1. The molecule has 168 valence electrons. The van der Waals surface area contributed by atoms with Gasteiger partial charge in [-0.25, -0.2) is 4.57 Å². The number of allylic oxidation sites excluding steroid dienone is 1. The molecule has 0 saturated carbocycles. The number of unbranched alkanes of at least 4 members (excludes halogenated alkanes) is 14. The molecule has 0 rings (SSSR count). The van der Waals surface area contributed by atoms with Gasteiger partial charge < -0.3 is 9.63 Å². The first-order valence-corrected chi connectivity index (χ1v) is 13.1. The van der Waals surface area contributed by atoms with Crippen LogP contribution in [0.3, 0.4) is 0 Å². The zero-order chi connectivity index (χ0) is 20.9. The fraction of sp³-hybridized carbons (Fsp3) is 0.905. The Labute approximate surface area is 177 Å². The Morgan fingerprint density at radius 2 is 1.36 bits per heavy atom. The number of rotatable bonds is 21. The van der Waals surface area contributed by atoms with Crippen molar-refractivity contribution in [2.24, 2.45) is 0 Å². The average Bonchev–Trinajstić information content (AvgIpc) is 2.68. The summed E-state index contributed by atoms with van der Waals surface area (Å²) in [5.41, 5.74) is 0. The summed E-state index contributed by atoms with van der Waals surface area (Å²) < 4.78 is 20.8. The van der Waals surface area contributed by atoms with Crippen LogP contribution in [0.25, 0.3) is 0 Å². The van der Waals surface area contributed by atoms with Gasteiger partial charge in [-0.3, -0.25) is 9.42 Å². The number of halogens is 1. The molecule has 0 radical (unpaired) electrons. The van der Waals surface area contributed by atoms with Crippen LogP contribution in [0.4, 0.5) is 0 Å². The van der Waals surface area contributed by atoms with E-state index in [1.54, 1.807) is 6.08 Å². The Hall–Kier alpha value is -0.0600. The van der Waals surface area contributed by atoms with Crippen molar-refractivity contribution in [1.82, 2.24) is 0 Å². The van der Waals surface area contributed by atoms with E-state index in [-0.39, 0.29) is 12.5 Å². The van der Waals surface area contributed by atoms with Gasteiger partial charge in [-0.1, -0.05) is 90.4 Å². The second-order valence-electron chi connectivity index (χ2n) is 7.43. The molecule has 0 aromatic carbocycles. The molecule has 2 unspecified atom stereocenters. The minimum atomic E-state index is -4.15. The number of phosphoric ester groups is 1. The molecule has 2 atom stereocenters. The third kappa shape index (κ3) is 20.7. The molecule has 0 fully saturated rings. The summed E-state index contributed by atoms with van der Waals surface area (Å²) in [4.78, 5) is 9.39. The van der Waals surface area contributed by atoms with Crippen LogP contribution in [0, 0.1) is 0 Å². The molecule has 28 heavy (non-hydrogen) atoms. The molecule has 0 amide bonds. The highest BCUT2D eigenvalue weighted by molar-refractivity contribution is 7.47. The Morgan fingerprint density at radius 1 is 0.893 bits per heavy atom. The normalized spacial score (nSPS) is 15.0. The maximum Gasteiger partial charge on any atom is 0.526 e. The monoisotopic (exact) mass is 440 g/mol. The van der Waals surface area contributed by atoms with Crippen LogP contribution >= 0.6 is 19.4 Å². The minimum Gasteiger partial charge on any atom is -0.412 e. The Balaban J connectivity index is 3.34. The molecule has 7 heteroatoms. The van der Waals surface area contributed by atoms with E-state index in [1.807, 2.05) is 0 Å². The van der Waals surface area contributed by atoms with Crippen LogP contribution in [0.5, 0.6) is 0 Å². The molecule has 2 N–H and O–H groups in total. The molecule has 0 aliphatic carbocycles. The summed E-state index contributed by atoms with van der Waals surface area (Å²) in [6.45, 7) is 1.93. The first-order valence-electron chi connectivity index (χ1n) is 11.1.